The molecule has 0 saturated heterocycles. The smallest absolute Gasteiger partial charge is 0.132 e. The Labute approximate surface area is 108 Å². The van der Waals surface area contributed by atoms with Gasteiger partial charge in [-0.3, -0.25) is 4.90 Å². The van der Waals surface area contributed by atoms with Gasteiger partial charge in [-0.2, -0.15) is 0 Å². The lowest BCUT2D eigenvalue weighted by Gasteiger charge is -2.22. The number of methoxy groups -OCH3 is 1. The molecule has 0 atom stereocenters. The van der Waals surface area contributed by atoms with Crippen molar-refractivity contribution in [1.29, 1.82) is 0 Å². The molecule has 1 aromatic carbocycles. The quantitative estimate of drug-likeness (QED) is 0.805. The molecule has 0 radical (unpaired) electrons. The molecule has 0 bridgehead atoms. The van der Waals surface area contributed by atoms with Gasteiger partial charge in [-0.05, 0) is 12.8 Å². The van der Waals surface area contributed by atoms with Crippen LogP contribution in [-0.2, 0) is 17.8 Å². The van der Waals surface area contributed by atoms with Crippen molar-refractivity contribution in [2.45, 2.75) is 32.0 Å². The van der Waals surface area contributed by atoms with E-state index in [-0.39, 0.29) is 12.4 Å². The van der Waals surface area contributed by atoms with Crippen LogP contribution in [-0.4, -0.2) is 31.2 Å². The van der Waals surface area contributed by atoms with Gasteiger partial charge >= 0.3 is 0 Å². The molecule has 1 saturated carbocycles. The van der Waals surface area contributed by atoms with Crippen molar-refractivity contribution in [1.82, 2.24) is 4.90 Å². The maximum absolute atomic E-state index is 14.1. The molecule has 1 aliphatic rings. The predicted molar refractivity (Wildman–Crippen MR) is 69.6 cm³/mol. The van der Waals surface area contributed by atoms with E-state index in [2.05, 4.69) is 4.90 Å². The Bertz CT molecular complexity index is 393. The average molecular weight is 252 g/mol. The van der Waals surface area contributed by atoms with Crippen LogP contribution in [0.5, 0.6) is 0 Å². The molecule has 100 valence electrons. The number of nitrogens with zero attached hydrogens (tertiary/aromatic N) is 1. The lowest BCUT2D eigenvalue weighted by Crippen LogP contribution is -2.29. The fourth-order valence-corrected chi connectivity index (χ4v) is 2.17. The number of benzene rings is 1. The SMILES string of the molecule is COCCN(Cc1cccc(CN)c1F)C1CC1. The molecule has 1 aliphatic carbocycles. The number of ether oxygens (including phenoxy) is 1. The van der Waals surface area contributed by atoms with Crippen molar-refractivity contribution in [2.75, 3.05) is 20.3 Å². The van der Waals surface area contributed by atoms with Gasteiger partial charge in [0.15, 0.2) is 0 Å². The van der Waals surface area contributed by atoms with E-state index in [0.29, 0.717) is 24.8 Å². The van der Waals surface area contributed by atoms with Crippen molar-refractivity contribution in [2.24, 2.45) is 5.73 Å². The minimum absolute atomic E-state index is 0.150. The molecule has 0 amide bonds. The molecule has 1 aromatic rings. The van der Waals surface area contributed by atoms with E-state index >= 15 is 0 Å². The third-order valence-corrected chi connectivity index (χ3v) is 3.40. The predicted octanol–water partition coefficient (Wildman–Crippen LogP) is 1.90. The highest BCUT2D eigenvalue weighted by atomic mass is 19.1. The molecule has 18 heavy (non-hydrogen) atoms. The lowest BCUT2D eigenvalue weighted by molar-refractivity contribution is 0.139. The lowest BCUT2D eigenvalue weighted by atomic mass is 10.1. The maximum atomic E-state index is 14.1. The maximum Gasteiger partial charge on any atom is 0.132 e. The van der Waals surface area contributed by atoms with Crippen LogP contribution in [0, 0.1) is 5.82 Å². The summed E-state index contributed by atoms with van der Waals surface area (Å²) in [4.78, 5) is 2.29. The Morgan fingerprint density at radius 2 is 2.11 bits per heavy atom. The molecule has 4 heteroatoms. The van der Waals surface area contributed by atoms with E-state index in [0.717, 1.165) is 12.1 Å². The second-order valence-corrected chi connectivity index (χ2v) is 4.79. The van der Waals surface area contributed by atoms with Gasteiger partial charge < -0.3 is 10.5 Å². The summed E-state index contributed by atoms with van der Waals surface area (Å²) in [6.07, 6.45) is 2.42. The number of hydrogen-bond donors (Lipinski definition) is 1. The van der Waals surface area contributed by atoms with Crippen LogP contribution in [0.3, 0.4) is 0 Å². The first-order valence-corrected chi connectivity index (χ1v) is 6.45. The van der Waals surface area contributed by atoms with Gasteiger partial charge in [-0.15, -0.1) is 0 Å². The largest absolute Gasteiger partial charge is 0.383 e. The summed E-state index contributed by atoms with van der Waals surface area (Å²) in [6, 6.07) is 6.06. The van der Waals surface area contributed by atoms with Gasteiger partial charge in [0.25, 0.3) is 0 Å². The van der Waals surface area contributed by atoms with Crippen molar-refractivity contribution < 1.29 is 9.13 Å². The van der Waals surface area contributed by atoms with Crippen molar-refractivity contribution in [3.05, 3.63) is 35.1 Å². The highest BCUT2D eigenvalue weighted by molar-refractivity contribution is 5.26. The van der Waals surface area contributed by atoms with Gasteiger partial charge in [-0.25, -0.2) is 4.39 Å². The molecule has 0 unspecified atom stereocenters. The molecular formula is C14H21FN2O. The van der Waals surface area contributed by atoms with Crippen LogP contribution in [0.2, 0.25) is 0 Å². The number of rotatable bonds is 7. The Hall–Kier alpha value is -0.970. The van der Waals surface area contributed by atoms with Crippen molar-refractivity contribution in [3.8, 4) is 0 Å². The molecule has 0 aliphatic heterocycles. The second-order valence-electron chi connectivity index (χ2n) is 4.79. The zero-order valence-corrected chi connectivity index (χ0v) is 10.9. The summed E-state index contributed by atoms with van der Waals surface area (Å²) in [7, 11) is 1.70. The fourth-order valence-electron chi connectivity index (χ4n) is 2.17. The number of halogens is 1. The highest BCUT2D eigenvalue weighted by Gasteiger charge is 2.29. The van der Waals surface area contributed by atoms with Gasteiger partial charge in [-0.1, -0.05) is 18.2 Å². The minimum atomic E-state index is -0.150. The van der Waals surface area contributed by atoms with E-state index in [1.54, 1.807) is 13.2 Å². The third-order valence-electron chi connectivity index (χ3n) is 3.40. The molecule has 0 spiro atoms. The average Bonchev–Trinajstić information content (AvgIpc) is 3.20. The van der Waals surface area contributed by atoms with E-state index in [9.17, 15) is 4.39 Å². The zero-order valence-electron chi connectivity index (χ0n) is 10.9. The molecular weight excluding hydrogens is 231 g/mol. The first-order valence-electron chi connectivity index (χ1n) is 6.45. The second kappa shape index (κ2) is 6.27. The Balaban J connectivity index is 2.06. The van der Waals surface area contributed by atoms with Crippen molar-refractivity contribution >= 4 is 0 Å². The first kappa shape index (κ1) is 13.5. The summed E-state index contributed by atoms with van der Waals surface area (Å²) in [5.74, 6) is -0.150. The standard InChI is InChI=1S/C14H21FN2O/c1-18-8-7-17(13-5-6-13)10-12-4-2-3-11(9-16)14(12)15/h2-4,13H,5-10,16H2,1H3. The number of nitrogens with two attached hydrogens (primary N) is 1. The van der Waals surface area contributed by atoms with Crippen LogP contribution >= 0.6 is 0 Å². The summed E-state index contributed by atoms with van der Waals surface area (Å²) >= 11 is 0. The topological polar surface area (TPSA) is 38.5 Å². The Kier molecular flexibility index (Phi) is 4.69. The number of hydrogen-bond acceptors (Lipinski definition) is 3. The first-order chi connectivity index (χ1) is 8.76. The summed E-state index contributed by atoms with van der Waals surface area (Å²) in [5, 5.41) is 0. The molecule has 0 heterocycles. The molecule has 2 rings (SSSR count). The third kappa shape index (κ3) is 3.28. The molecule has 1 fully saturated rings. The molecule has 3 nitrogen and oxygen atoms in total. The van der Waals surface area contributed by atoms with E-state index in [1.807, 2.05) is 12.1 Å². The van der Waals surface area contributed by atoms with Crippen LogP contribution in [0.4, 0.5) is 4.39 Å². The van der Waals surface area contributed by atoms with Crippen LogP contribution in [0.15, 0.2) is 18.2 Å². The van der Waals surface area contributed by atoms with Gasteiger partial charge in [0.05, 0.1) is 6.61 Å². The zero-order chi connectivity index (χ0) is 13.0. The Morgan fingerprint density at radius 3 is 2.72 bits per heavy atom. The Morgan fingerprint density at radius 1 is 1.39 bits per heavy atom. The summed E-state index contributed by atoms with van der Waals surface area (Å²) < 4.78 is 19.2. The monoisotopic (exact) mass is 252 g/mol. The molecule has 2 N–H and O–H groups in total. The van der Waals surface area contributed by atoms with E-state index < -0.39 is 0 Å². The van der Waals surface area contributed by atoms with Gasteiger partial charge in [0, 0.05) is 43.9 Å². The van der Waals surface area contributed by atoms with E-state index in [4.69, 9.17) is 10.5 Å². The minimum Gasteiger partial charge on any atom is -0.383 e. The summed E-state index contributed by atoms with van der Waals surface area (Å²) in [6.45, 7) is 2.44. The normalized spacial score (nSPS) is 15.3. The van der Waals surface area contributed by atoms with Crippen LogP contribution in [0.1, 0.15) is 24.0 Å². The molecule has 0 aromatic heterocycles. The van der Waals surface area contributed by atoms with Crippen LogP contribution < -0.4 is 5.73 Å². The highest BCUT2D eigenvalue weighted by Crippen LogP contribution is 2.28. The van der Waals surface area contributed by atoms with Crippen molar-refractivity contribution in [3.63, 3.8) is 0 Å². The fraction of sp³-hybridized carbons (Fsp3) is 0.571. The van der Waals surface area contributed by atoms with E-state index in [1.165, 1.54) is 12.8 Å². The van der Waals surface area contributed by atoms with Gasteiger partial charge in [0.2, 0.25) is 0 Å². The van der Waals surface area contributed by atoms with Gasteiger partial charge in [0.1, 0.15) is 5.82 Å². The van der Waals surface area contributed by atoms with Crippen LogP contribution in [0.25, 0.3) is 0 Å². The summed E-state index contributed by atoms with van der Waals surface area (Å²) in [5.41, 5.74) is 6.86.